The molecule has 5 aliphatic rings. The zero-order valence-electron chi connectivity index (χ0n) is 71.9. The first kappa shape index (κ1) is 92.0. The molecule has 676 valence electrons. The van der Waals surface area contributed by atoms with Crippen LogP contribution in [0.4, 0.5) is 58.2 Å². The van der Waals surface area contributed by atoms with E-state index < -0.39 is 38.0 Å². The van der Waals surface area contributed by atoms with Gasteiger partial charge in [0.05, 0.1) is 96.1 Å². The molecular formula is C90H81N23O13S7. The van der Waals surface area contributed by atoms with Gasteiger partial charge in [-0.05, 0) is 222 Å². The molecule has 43 heteroatoms. The third-order valence-corrected chi connectivity index (χ3v) is 28.1. The molecule has 0 radical (unpaired) electrons. The monoisotopic (exact) mass is 1920 g/mol. The molecule has 0 fully saturated rings. The number of carboxylic acids is 3. The second-order valence-electron chi connectivity index (χ2n) is 31.4. The van der Waals surface area contributed by atoms with Crippen LogP contribution in [-0.2, 0) is 107 Å². The van der Waals surface area contributed by atoms with E-state index in [0.717, 1.165) is 204 Å². The number of benzene rings is 5. The predicted octanol–water partition coefficient (Wildman–Crippen LogP) is 14.5. The van der Waals surface area contributed by atoms with Gasteiger partial charge in [0, 0.05) is 86.4 Å². The molecule has 0 bridgehead atoms. The molecule has 0 saturated carbocycles. The van der Waals surface area contributed by atoms with Gasteiger partial charge in [-0.25, -0.2) is 116 Å². The van der Waals surface area contributed by atoms with Crippen molar-refractivity contribution < 1.29 is 60.9 Å². The second kappa shape index (κ2) is 39.0. The predicted molar refractivity (Wildman–Crippen MR) is 506 cm³/mol. The maximum atomic E-state index is 12.3. The number of hydrogen-bond donors (Lipinski definition) is 10. The van der Waals surface area contributed by atoms with Crippen molar-refractivity contribution in [1.29, 1.82) is 0 Å². The Morgan fingerprint density at radius 2 is 0.632 bits per heavy atom. The number of fused-ring (bicyclic) bond motifs is 15. The number of nitrogens with one attached hydrogen (secondary N) is 5. The number of carbonyl (C=O) groups excluding carboxylic acids is 3. The van der Waals surface area contributed by atoms with E-state index in [9.17, 15) is 55.8 Å². The summed E-state index contributed by atoms with van der Waals surface area (Å²) < 4.78 is 46.1. The lowest BCUT2D eigenvalue weighted by Gasteiger charge is -2.15. The Balaban J connectivity index is 0.000000121. The summed E-state index contributed by atoms with van der Waals surface area (Å²) in [4.78, 5) is 141. The minimum Gasteiger partial charge on any atom is -0.476 e. The lowest BCUT2D eigenvalue weighted by Crippen LogP contribution is -2.21. The average Bonchev–Trinajstić information content (AvgIpc) is 1.58. The van der Waals surface area contributed by atoms with Gasteiger partial charge in [0.1, 0.15) is 11.6 Å². The molecule has 5 aromatic carbocycles. The van der Waals surface area contributed by atoms with Crippen molar-refractivity contribution >= 4 is 170 Å². The first-order valence-electron chi connectivity index (χ1n) is 41.1. The van der Waals surface area contributed by atoms with E-state index in [1.54, 1.807) is 82.1 Å². The van der Waals surface area contributed by atoms with Gasteiger partial charge in [0.25, 0.3) is 5.91 Å². The molecule has 0 saturated heterocycles. The number of Topliss-reactive ketones (excluding diaryl/α,β-unsaturated/α-hetero) is 2. The number of sulfonamides is 2. The van der Waals surface area contributed by atoms with Gasteiger partial charge < -0.3 is 46.8 Å². The van der Waals surface area contributed by atoms with Crippen LogP contribution in [0.15, 0.2) is 156 Å². The number of carboxylic acid groups (broad SMARTS) is 3. The van der Waals surface area contributed by atoms with Crippen molar-refractivity contribution in [2.75, 3.05) is 40.7 Å². The highest BCUT2D eigenvalue weighted by atomic mass is 32.2. The summed E-state index contributed by atoms with van der Waals surface area (Å²) in [7, 11) is -4.25. The fourth-order valence-electron chi connectivity index (χ4n) is 15.0. The van der Waals surface area contributed by atoms with E-state index in [0.29, 0.717) is 83.7 Å². The van der Waals surface area contributed by atoms with Gasteiger partial charge in [0.15, 0.2) is 5.01 Å². The standard InChI is InChI=1S/C19H16N4O3S.C19H18N4OS.C18H18N6O3S2.C18H16N4O2S.C16H13N5O4S2/c1-10(24)7-11-3-2-4-13(8-11)21-19-20-9-12-5-6-14-16(15(12)23-19)27-17(22-14)18(25)26;1-11(24)8-13-4-3-5-15(9-13)22-19-20-10-14-6-7-16-18(17(14)23-19)25-12(2)21-16;1-24(2)17(25)16-22-13-7-6-10-9-20-18(23-14(10)15(13)28-16)21-11-4-3-5-12(8-11)29(19,26)27;1-9-5-10(2)7-12(6-9)20-18-19-8-11-3-4-13-15(14(11)22-18)25-16(21-13)17(23)24;17-27(24,25)10-3-1-2-9(6-10)19-16-18-7-8-4-5-11-13(12(8)21-16)26-14(20-11)15(22)23/h2-4,8-9H,5-7H2,1H3,(H,25,26)(H,20,21,23);3-5,9-10H,6-8H2,1-2H3,(H,20,22,23);3-5,8-9H,6-7H2,1-2H3,(H2,19,26,27)(H,20,21,23);5-8H,3-4H2,1-2H3,(H,23,24)(H,19,20,22);1-3,6-7H,4-5H2,(H,22,23)(H2,17,24,25)(H,18,19,21). The number of ketones is 2. The molecule has 12 N–H and O–H groups in total. The number of anilines is 10. The molecule has 0 aliphatic heterocycles. The van der Waals surface area contributed by atoms with E-state index in [2.05, 4.69) is 102 Å². The lowest BCUT2D eigenvalue weighted by molar-refractivity contribution is -0.117. The summed E-state index contributed by atoms with van der Waals surface area (Å²) in [5, 5.41) is 55.2. The van der Waals surface area contributed by atoms with Crippen LogP contribution >= 0.6 is 56.7 Å². The number of nitrogens with two attached hydrogens (primary N) is 2. The van der Waals surface area contributed by atoms with Crippen molar-refractivity contribution in [2.45, 2.75) is 121 Å². The number of hydrogen-bond acceptors (Lipinski definition) is 35. The molecule has 20 rings (SSSR count). The highest BCUT2D eigenvalue weighted by Crippen LogP contribution is 2.43. The summed E-state index contributed by atoms with van der Waals surface area (Å²) in [6.07, 6.45) is 17.3. The van der Waals surface area contributed by atoms with Crippen LogP contribution in [0.1, 0.15) is 137 Å². The van der Waals surface area contributed by atoms with Crippen LogP contribution in [0.5, 0.6) is 0 Å². The largest absolute Gasteiger partial charge is 0.476 e. The Kier molecular flexibility index (Phi) is 27.0. The number of rotatable bonds is 20. The average molecular weight is 1920 g/mol. The van der Waals surface area contributed by atoms with E-state index in [1.807, 2.05) is 93.8 Å². The number of thiazole rings is 5. The van der Waals surface area contributed by atoms with Crippen LogP contribution in [-0.4, -0.2) is 161 Å². The number of nitrogens with zero attached hydrogens (tertiary/aromatic N) is 16. The Bertz CT molecular complexity index is 7400. The first-order chi connectivity index (χ1) is 63.6. The van der Waals surface area contributed by atoms with Crippen LogP contribution in [0, 0.1) is 20.8 Å². The molecule has 15 aromatic rings. The van der Waals surface area contributed by atoms with Crippen LogP contribution in [0.3, 0.4) is 0 Å². The second-order valence-corrected chi connectivity index (χ2v) is 39.8. The minimum atomic E-state index is -3.82. The smallest absolute Gasteiger partial charge is 0.365 e. The van der Waals surface area contributed by atoms with Gasteiger partial charge in [-0.1, -0.05) is 42.5 Å². The summed E-state index contributed by atoms with van der Waals surface area (Å²) in [5.74, 6) is -0.906. The van der Waals surface area contributed by atoms with Crippen molar-refractivity contribution in [2.24, 2.45) is 10.3 Å². The summed E-state index contributed by atoms with van der Waals surface area (Å²) in [6, 6.07) is 33.7. The van der Waals surface area contributed by atoms with E-state index in [1.165, 1.54) is 57.4 Å². The van der Waals surface area contributed by atoms with Gasteiger partial charge in [0.2, 0.25) is 64.8 Å². The van der Waals surface area contributed by atoms with Crippen molar-refractivity contribution in [1.82, 2.24) is 79.7 Å². The molecule has 10 heterocycles. The molecular weight excluding hydrogens is 1840 g/mol. The van der Waals surface area contributed by atoms with E-state index in [-0.39, 0.29) is 48.2 Å². The number of primary sulfonamides is 2. The zero-order valence-corrected chi connectivity index (χ0v) is 77.6. The van der Waals surface area contributed by atoms with Gasteiger partial charge in [-0.15, -0.1) is 56.7 Å². The maximum Gasteiger partial charge on any atom is 0.365 e. The Morgan fingerprint density at radius 3 is 0.932 bits per heavy atom. The van der Waals surface area contributed by atoms with Crippen molar-refractivity contribution in [3.05, 3.63) is 250 Å². The Morgan fingerprint density at radius 1 is 0.353 bits per heavy atom. The Labute approximate surface area is 780 Å². The normalized spacial score (nSPS) is 12.5. The van der Waals surface area contributed by atoms with Crippen LogP contribution < -0.4 is 36.9 Å². The lowest BCUT2D eigenvalue weighted by atomic mass is 10.00. The number of aromatic nitrogens is 15. The number of aryl methyl sites for hydroxylation is 13. The summed E-state index contributed by atoms with van der Waals surface area (Å²) in [6.45, 7) is 9.28. The molecule has 10 aromatic heterocycles. The Hall–Kier alpha value is -14.3. The van der Waals surface area contributed by atoms with Crippen molar-refractivity contribution in [3.63, 3.8) is 0 Å². The third-order valence-electron chi connectivity index (χ3n) is 20.9. The third kappa shape index (κ3) is 22.0. The number of amides is 1. The summed E-state index contributed by atoms with van der Waals surface area (Å²) in [5.41, 5.74) is 21.1. The number of carbonyl (C=O) groups is 6. The minimum absolute atomic E-state index is 0.00274. The van der Waals surface area contributed by atoms with Gasteiger partial charge in [-0.3, -0.25) is 14.4 Å². The SMILES string of the molecule is CC(=O)Cc1cccc(Nc2ncc3c(n2)-c2sc(C(=O)O)nc2CC3)c1.CC(=O)Cc1cccc(Nc2ncc3c(n2)-c2sc(C)nc2CC3)c1.CN(C)C(=O)c1nc2c(s1)-c1nc(Nc3cccc(S(N)(=O)=O)c3)ncc1CC2.Cc1cc(C)cc(Nc2ncc3c(n2)-c2sc(C(=O)O)nc2CC3)c1.NS(=O)(=O)c1cccc(Nc2ncc3c(n2)-c2sc(C(=O)O)nc2CC3)c1. The van der Waals surface area contributed by atoms with E-state index in [4.69, 9.17) is 20.4 Å². The fourth-order valence-corrected chi connectivity index (χ4v) is 21.2. The first-order valence-corrected chi connectivity index (χ1v) is 48.3. The van der Waals surface area contributed by atoms with Crippen molar-refractivity contribution in [3.8, 4) is 52.9 Å². The fraction of sp³-hybridized carbons (Fsp3) is 0.211. The molecule has 133 heavy (non-hydrogen) atoms. The number of aromatic carboxylic acids is 3. The maximum absolute atomic E-state index is 12.3. The molecule has 0 atom stereocenters. The summed E-state index contributed by atoms with van der Waals surface area (Å²) >= 11 is 6.41. The highest BCUT2D eigenvalue weighted by molar-refractivity contribution is 7.89. The van der Waals surface area contributed by atoms with Crippen LogP contribution in [0.25, 0.3) is 52.9 Å². The van der Waals surface area contributed by atoms with Gasteiger partial charge in [-0.2, -0.15) is 0 Å². The topological polar surface area (TPSA) is 540 Å². The zero-order chi connectivity index (χ0) is 93.8. The van der Waals surface area contributed by atoms with Gasteiger partial charge >= 0.3 is 17.9 Å². The molecule has 1 amide bonds. The molecule has 36 nitrogen and oxygen atoms in total. The molecule has 5 aliphatic carbocycles. The highest BCUT2D eigenvalue weighted by Gasteiger charge is 2.32. The van der Waals surface area contributed by atoms with Crippen LogP contribution in [0.2, 0.25) is 0 Å². The van der Waals surface area contributed by atoms with E-state index >= 15 is 0 Å². The molecule has 0 spiro atoms. The quantitative estimate of drug-likeness (QED) is 0.0339. The molecule has 0 unspecified atom stereocenters.